The van der Waals surface area contributed by atoms with Gasteiger partial charge in [-0.1, -0.05) is 29.3 Å². The molecule has 0 aliphatic carbocycles. The van der Waals surface area contributed by atoms with E-state index in [9.17, 15) is 4.79 Å². The monoisotopic (exact) mass is 250 g/mol. The standard InChI is InChI=1S/C13H15ClN2O/c1-9-4-6-10(7-5-9)16-8-11(15(2)3)12(14)13(16)17/h4-7H,8H2,1-3H3. The molecule has 0 aromatic heterocycles. The molecule has 1 aliphatic rings. The Bertz CT molecular complexity index is 477. The van der Waals surface area contributed by atoms with Gasteiger partial charge in [0, 0.05) is 19.8 Å². The molecule has 4 heteroatoms. The molecule has 1 aromatic rings. The molecule has 0 fully saturated rings. The van der Waals surface area contributed by atoms with Crippen molar-refractivity contribution in [1.82, 2.24) is 4.90 Å². The van der Waals surface area contributed by atoms with Gasteiger partial charge in [-0.15, -0.1) is 0 Å². The normalized spacial score (nSPS) is 15.8. The highest BCUT2D eigenvalue weighted by molar-refractivity contribution is 6.45. The van der Waals surface area contributed by atoms with Gasteiger partial charge in [0.15, 0.2) is 0 Å². The lowest BCUT2D eigenvalue weighted by atomic mass is 10.2. The summed E-state index contributed by atoms with van der Waals surface area (Å²) in [6.07, 6.45) is 0. The van der Waals surface area contributed by atoms with E-state index in [4.69, 9.17) is 11.6 Å². The minimum absolute atomic E-state index is 0.126. The Balaban J connectivity index is 2.28. The van der Waals surface area contributed by atoms with Crippen molar-refractivity contribution in [1.29, 1.82) is 0 Å². The smallest absolute Gasteiger partial charge is 0.271 e. The molecular formula is C13H15ClN2O. The van der Waals surface area contributed by atoms with Gasteiger partial charge < -0.3 is 9.80 Å². The number of anilines is 1. The van der Waals surface area contributed by atoms with Crippen molar-refractivity contribution < 1.29 is 4.79 Å². The SMILES string of the molecule is Cc1ccc(N2CC(N(C)C)=C(Cl)C2=O)cc1. The first kappa shape index (κ1) is 12.0. The molecule has 1 aliphatic heterocycles. The van der Waals surface area contributed by atoms with Gasteiger partial charge in [0.2, 0.25) is 0 Å². The highest BCUT2D eigenvalue weighted by Crippen LogP contribution is 2.28. The van der Waals surface area contributed by atoms with Crippen LogP contribution < -0.4 is 4.90 Å². The maximum atomic E-state index is 12.0. The summed E-state index contributed by atoms with van der Waals surface area (Å²) in [6, 6.07) is 7.86. The Morgan fingerprint density at radius 2 is 1.82 bits per heavy atom. The zero-order valence-electron chi connectivity index (χ0n) is 10.2. The number of nitrogens with zero attached hydrogens (tertiary/aromatic N) is 2. The summed E-state index contributed by atoms with van der Waals surface area (Å²) in [7, 11) is 3.78. The maximum absolute atomic E-state index is 12.0. The second kappa shape index (κ2) is 4.41. The van der Waals surface area contributed by atoms with Crippen LogP contribution in [-0.2, 0) is 4.79 Å². The molecule has 1 aromatic carbocycles. The minimum atomic E-state index is -0.126. The molecule has 0 unspecified atom stereocenters. The van der Waals surface area contributed by atoms with Gasteiger partial charge in [0.05, 0.1) is 12.2 Å². The van der Waals surface area contributed by atoms with Crippen molar-refractivity contribution in [3.05, 3.63) is 40.6 Å². The number of hydrogen-bond acceptors (Lipinski definition) is 2. The van der Waals surface area contributed by atoms with E-state index in [1.165, 1.54) is 5.56 Å². The van der Waals surface area contributed by atoms with Crippen molar-refractivity contribution in [2.24, 2.45) is 0 Å². The van der Waals surface area contributed by atoms with Crippen LogP contribution in [0.1, 0.15) is 5.56 Å². The summed E-state index contributed by atoms with van der Waals surface area (Å²) in [5.41, 5.74) is 2.92. The van der Waals surface area contributed by atoms with E-state index in [0.717, 1.165) is 11.4 Å². The third kappa shape index (κ3) is 2.15. The fraction of sp³-hybridized carbons (Fsp3) is 0.308. The number of carbonyl (C=O) groups is 1. The Morgan fingerprint density at radius 3 is 2.29 bits per heavy atom. The Kier molecular flexibility index (Phi) is 3.11. The molecule has 1 amide bonds. The molecule has 0 saturated carbocycles. The lowest BCUT2D eigenvalue weighted by molar-refractivity contribution is -0.114. The van der Waals surface area contributed by atoms with Gasteiger partial charge in [0.1, 0.15) is 5.03 Å². The van der Waals surface area contributed by atoms with Crippen molar-refractivity contribution in [3.8, 4) is 0 Å². The van der Waals surface area contributed by atoms with Gasteiger partial charge in [0.25, 0.3) is 5.91 Å². The van der Waals surface area contributed by atoms with E-state index in [0.29, 0.717) is 11.6 Å². The van der Waals surface area contributed by atoms with Crippen LogP contribution in [0.3, 0.4) is 0 Å². The van der Waals surface area contributed by atoms with Crippen LogP contribution in [0.15, 0.2) is 35.0 Å². The van der Waals surface area contributed by atoms with Gasteiger partial charge in [-0.2, -0.15) is 0 Å². The van der Waals surface area contributed by atoms with Crippen LogP contribution in [0, 0.1) is 6.92 Å². The predicted octanol–water partition coefficient (Wildman–Crippen LogP) is 2.35. The molecule has 1 heterocycles. The third-order valence-electron chi connectivity index (χ3n) is 2.88. The molecule has 90 valence electrons. The maximum Gasteiger partial charge on any atom is 0.271 e. The average Bonchev–Trinajstić information content (AvgIpc) is 2.58. The Hall–Kier alpha value is -1.48. The second-order valence-electron chi connectivity index (χ2n) is 4.38. The van der Waals surface area contributed by atoms with Crippen molar-refractivity contribution in [3.63, 3.8) is 0 Å². The van der Waals surface area contributed by atoms with Crippen LogP contribution in [0.25, 0.3) is 0 Å². The van der Waals surface area contributed by atoms with Crippen LogP contribution >= 0.6 is 11.6 Å². The lowest BCUT2D eigenvalue weighted by Gasteiger charge is -2.19. The summed E-state index contributed by atoms with van der Waals surface area (Å²) in [5.74, 6) is -0.126. The molecular weight excluding hydrogens is 236 g/mol. The molecule has 0 bridgehead atoms. The number of amides is 1. The van der Waals surface area contributed by atoms with Crippen LogP contribution in [0.4, 0.5) is 5.69 Å². The summed E-state index contributed by atoms with van der Waals surface area (Å²) >= 11 is 6.05. The summed E-state index contributed by atoms with van der Waals surface area (Å²) < 4.78 is 0. The van der Waals surface area contributed by atoms with Gasteiger partial charge >= 0.3 is 0 Å². The number of halogens is 1. The van der Waals surface area contributed by atoms with Crippen molar-refractivity contribution >= 4 is 23.2 Å². The Morgan fingerprint density at radius 1 is 1.24 bits per heavy atom. The molecule has 2 rings (SSSR count). The van der Waals surface area contributed by atoms with E-state index < -0.39 is 0 Å². The molecule has 0 atom stereocenters. The molecule has 0 spiro atoms. The molecule has 0 saturated heterocycles. The van der Waals surface area contributed by atoms with Gasteiger partial charge in [-0.05, 0) is 19.1 Å². The van der Waals surface area contributed by atoms with E-state index in [2.05, 4.69) is 0 Å². The third-order valence-corrected chi connectivity index (χ3v) is 3.26. The first-order chi connectivity index (χ1) is 8.00. The number of benzene rings is 1. The van der Waals surface area contributed by atoms with E-state index in [-0.39, 0.29) is 5.91 Å². The lowest BCUT2D eigenvalue weighted by Crippen LogP contribution is -2.27. The number of carbonyl (C=O) groups excluding carboxylic acids is 1. The van der Waals surface area contributed by atoms with Crippen LogP contribution in [0.5, 0.6) is 0 Å². The van der Waals surface area contributed by atoms with E-state index in [1.807, 2.05) is 50.2 Å². The van der Waals surface area contributed by atoms with E-state index in [1.54, 1.807) is 4.90 Å². The number of hydrogen-bond donors (Lipinski definition) is 0. The largest absolute Gasteiger partial charge is 0.378 e. The zero-order chi connectivity index (χ0) is 12.6. The first-order valence-corrected chi connectivity index (χ1v) is 5.83. The second-order valence-corrected chi connectivity index (χ2v) is 4.76. The minimum Gasteiger partial charge on any atom is -0.378 e. The topological polar surface area (TPSA) is 23.6 Å². The quantitative estimate of drug-likeness (QED) is 0.805. The number of rotatable bonds is 2. The van der Waals surface area contributed by atoms with Gasteiger partial charge in [-0.3, -0.25) is 4.79 Å². The Labute approximate surface area is 106 Å². The van der Waals surface area contributed by atoms with Crippen molar-refractivity contribution in [2.75, 3.05) is 25.5 Å². The summed E-state index contributed by atoms with van der Waals surface area (Å²) in [4.78, 5) is 15.6. The summed E-state index contributed by atoms with van der Waals surface area (Å²) in [6.45, 7) is 2.56. The first-order valence-electron chi connectivity index (χ1n) is 5.45. The fourth-order valence-corrected chi connectivity index (χ4v) is 2.13. The molecule has 17 heavy (non-hydrogen) atoms. The van der Waals surface area contributed by atoms with Crippen LogP contribution in [-0.4, -0.2) is 31.4 Å². The zero-order valence-corrected chi connectivity index (χ0v) is 11.0. The molecule has 0 radical (unpaired) electrons. The van der Waals surface area contributed by atoms with Crippen LogP contribution in [0.2, 0.25) is 0 Å². The van der Waals surface area contributed by atoms with Crippen molar-refractivity contribution in [2.45, 2.75) is 6.92 Å². The highest BCUT2D eigenvalue weighted by atomic mass is 35.5. The number of aryl methyl sites for hydroxylation is 1. The highest BCUT2D eigenvalue weighted by Gasteiger charge is 2.31. The number of likely N-dealkylation sites (N-methyl/N-ethyl adjacent to an activating group) is 1. The van der Waals surface area contributed by atoms with Gasteiger partial charge in [-0.25, -0.2) is 0 Å². The summed E-state index contributed by atoms with van der Waals surface area (Å²) in [5, 5.41) is 0.315. The fourth-order valence-electron chi connectivity index (χ4n) is 1.80. The molecule has 3 nitrogen and oxygen atoms in total. The molecule has 0 N–H and O–H groups in total. The average molecular weight is 251 g/mol. The predicted molar refractivity (Wildman–Crippen MR) is 70.1 cm³/mol. The van der Waals surface area contributed by atoms with E-state index >= 15 is 0 Å².